The monoisotopic (exact) mass is 497 g/mol. The highest BCUT2D eigenvalue weighted by Gasteiger charge is 2.41. The maximum Gasteiger partial charge on any atom is 0.387 e. The summed E-state index contributed by atoms with van der Waals surface area (Å²) in [6.45, 7) is -1.54. The maximum atomic E-state index is 12.9. The molecule has 34 heavy (non-hydrogen) atoms. The van der Waals surface area contributed by atoms with Crippen molar-refractivity contribution in [3.8, 4) is 23.0 Å². The number of rotatable bonds is 9. The summed E-state index contributed by atoms with van der Waals surface area (Å²) in [5, 5.41) is -0.275. The van der Waals surface area contributed by atoms with Crippen LogP contribution in [0.3, 0.4) is 0 Å². The Morgan fingerprint density at radius 3 is 2.50 bits per heavy atom. The molecule has 0 unspecified atom stereocenters. The van der Waals surface area contributed by atoms with E-state index in [1.165, 1.54) is 28.8 Å². The number of hydrogen-bond donors (Lipinski definition) is 0. The average Bonchev–Trinajstić information content (AvgIpc) is 3.76. The lowest BCUT2D eigenvalue weighted by atomic mass is 10.2. The van der Waals surface area contributed by atoms with Crippen molar-refractivity contribution >= 4 is 15.9 Å². The molecular formula is C22H25F2N3O6S. The van der Waals surface area contributed by atoms with Crippen molar-refractivity contribution in [2.24, 2.45) is 5.92 Å². The van der Waals surface area contributed by atoms with Gasteiger partial charge in [-0.25, -0.2) is 13.4 Å². The minimum Gasteiger partial charge on any atom is -0.489 e. The second-order valence-corrected chi connectivity index (χ2v) is 11.0. The molecule has 0 radical (unpaired) electrons. The predicted octanol–water partition coefficient (Wildman–Crippen LogP) is 2.98. The Bertz CT molecular complexity index is 1160. The first kappa shape index (κ1) is 23.0. The molecule has 1 aliphatic heterocycles. The summed E-state index contributed by atoms with van der Waals surface area (Å²) >= 11 is 0. The van der Waals surface area contributed by atoms with Gasteiger partial charge in [0.1, 0.15) is 6.26 Å². The zero-order valence-electron chi connectivity index (χ0n) is 18.4. The van der Waals surface area contributed by atoms with E-state index < -0.39 is 16.6 Å². The molecule has 3 aliphatic rings. The predicted molar refractivity (Wildman–Crippen MR) is 116 cm³/mol. The smallest absolute Gasteiger partial charge is 0.387 e. The third kappa shape index (κ3) is 5.02. The number of halogens is 2. The van der Waals surface area contributed by atoms with E-state index in [-0.39, 0.29) is 60.4 Å². The van der Waals surface area contributed by atoms with Gasteiger partial charge in [-0.15, -0.1) is 0 Å². The average molecular weight is 498 g/mol. The fourth-order valence-corrected chi connectivity index (χ4v) is 5.65. The zero-order valence-corrected chi connectivity index (χ0v) is 19.2. The number of piperazine rings is 1. The summed E-state index contributed by atoms with van der Waals surface area (Å²) in [5.41, 5.74) is 0.536. The number of carbonyl (C=O) groups excluding carboxylic acids is 1. The van der Waals surface area contributed by atoms with Crippen LogP contribution in [0.5, 0.6) is 11.5 Å². The van der Waals surface area contributed by atoms with Gasteiger partial charge in [-0.2, -0.15) is 13.1 Å². The molecule has 9 nitrogen and oxygen atoms in total. The van der Waals surface area contributed by atoms with Crippen LogP contribution >= 0.6 is 0 Å². The molecule has 1 aromatic carbocycles. The minimum atomic E-state index is -3.26. The zero-order chi connectivity index (χ0) is 23.9. The third-order valence-electron chi connectivity index (χ3n) is 6.13. The fourth-order valence-electron chi connectivity index (χ4n) is 3.83. The van der Waals surface area contributed by atoms with Gasteiger partial charge in [0, 0.05) is 31.7 Å². The summed E-state index contributed by atoms with van der Waals surface area (Å²) in [4.78, 5) is 18.7. The van der Waals surface area contributed by atoms with E-state index in [0.717, 1.165) is 12.8 Å². The fraction of sp³-hybridized carbons (Fsp3) is 0.545. The first-order valence-corrected chi connectivity index (χ1v) is 12.8. The molecule has 0 atom stereocenters. The highest BCUT2D eigenvalue weighted by atomic mass is 32.2. The number of nitrogens with zero attached hydrogens (tertiary/aromatic N) is 3. The number of hydrogen-bond acceptors (Lipinski definition) is 7. The molecule has 0 N–H and O–H groups in total. The van der Waals surface area contributed by atoms with E-state index in [4.69, 9.17) is 9.15 Å². The number of ether oxygens (including phenoxy) is 2. The Hall–Kier alpha value is -2.73. The molecule has 12 heteroatoms. The summed E-state index contributed by atoms with van der Waals surface area (Å²) in [6.07, 6.45) is 4.71. The van der Waals surface area contributed by atoms with Gasteiger partial charge in [-0.3, -0.25) is 4.79 Å². The van der Waals surface area contributed by atoms with E-state index >= 15 is 0 Å². The molecule has 1 saturated heterocycles. The first-order valence-electron chi connectivity index (χ1n) is 11.3. The maximum absolute atomic E-state index is 12.9. The lowest BCUT2D eigenvalue weighted by molar-refractivity contribution is -0.0515. The molecule has 2 aromatic rings. The van der Waals surface area contributed by atoms with Gasteiger partial charge in [0.2, 0.25) is 15.9 Å². The number of alkyl halides is 2. The summed E-state index contributed by atoms with van der Waals surface area (Å²) in [7, 11) is -3.26. The minimum absolute atomic E-state index is 0.0822. The van der Waals surface area contributed by atoms with E-state index in [0.29, 0.717) is 30.9 Å². The van der Waals surface area contributed by atoms with Gasteiger partial charge >= 0.3 is 6.61 Å². The van der Waals surface area contributed by atoms with Crippen molar-refractivity contribution in [1.29, 1.82) is 0 Å². The molecule has 2 saturated carbocycles. The third-order valence-corrected chi connectivity index (χ3v) is 8.53. The highest BCUT2D eigenvalue weighted by Crippen LogP contribution is 2.36. The standard InChI is InChI=1S/C22H25F2N3O6S/c23-22(24)33-18-6-3-15(11-19(18)31-12-14-1-2-14)20-25-17(13-32-20)21(28)26-7-9-27(10-8-26)34(29,30)16-4-5-16/h3,6,11,13-14,16,22H,1-2,4-5,7-10,12H2. The molecule has 0 bridgehead atoms. The number of sulfonamides is 1. The lowest BCUT2D eigenvalue weighted by Gasteiger charge is -2.33. The largest absolute Gasteiger partial charge is 0.489 e. The van der Waals surface area contributed by atoms with Crippen LogP contribution in [0.2, 0.25) is 0 Å². The Kier molecular flexibility index (Phi) is 6.19. The van der Waals surface area contributed by atoms with Crippen LogP contribution in [-0.4, -0.2) is 73.2 Å². The molecule has 1 aromatic heterocycles. The Balaban J connectivity index is 1.26. The highest BCUT2D eigenvalue weighted by molar-refractivity contribution is 7.90. The van der Waals surface area contributed by atoms with Crippen molar-refractivity contribution in [1.82, 2.24) is 14.2 Å². The van der Waals surface area contributed by atoms with Crippen molar-refractivity contribution in [3.05, 3.63) is 30.2 Å². The van der Waals surface area contributed by atoms with Crippen LogP contribution in [0.15, 0.2) is 28.9 Å². The van der Waals surface area contributed by atoms with Crippen LogP contribution in [-0.2, 0) is 10.0 Å². The Morgan fingerprint density at radius 1 is 1.12 bits per heavy atom. The van der Waals surface area contributed by atoms with Crippen LogP contribution in [0.1, 0.15) is 36.2 Å². The second kappa shape index (κ2) is 9.14. The van der Waals surface area contributed by atoms with Crippen LogP contribution < -0.4 is 9.47 Å². The van der Waals surface area contributed by atoms with Gasteiger partial charge in [0.15, 0.2) is 17.2 Å². The normalized spacial score (nSPS) is 19.4. The van der Waals surface area contributed by atoms with Gasteiger partial charge in [0.25, 0.3) is 5.91 Å². The first-order chi connectivity index (χ1) is 16.3. The molecule has 5 rings (SSSR count). The summed E-state index contributed by atoms with van der Waals surface area (Å²) in [5.74, 6) is 0.262. The van der Waals surface area contributed by atoms with Gasteiger partial charge < -0.3 is 18.8 Å². The number of aromatic nitrogens is 1. The van der Waals surface area contributed by atoms with E-state index in [1.807, 2.05) is 0 Å². The van der Waals surface area contributed by atoms with Gasteiger partial charge in [0.05, 0.1) is 11.9 Å². The summed E-state index contributed by atoms with van der Waals surface area (Å²) < 4.78 is 67.4. The molecule has 1 amide bonds. The second-order valence-electron chi connectivity index (χ2n) is 8.77. The Labute approximate surface area is 195 Å². The molecular weight excluding hydrogens is 472 g/mol. The lowest BCUT2D eigenvalue weighted by Crippen LogP contribution is -2.51. The number of carbonyl (C=O) groups is 1. The molecule has 184 valence electrons. The van der Waals surface area contributed by atoms with E-state index in [2.05, 4.69) is 9.72 Å². The number of oxazole rings is 1. The quantitative estimate of drug-likeness (QED) is 0.525. The topological polar surface area (TPSA) is 102 Å². The molecule has 0 spiro atoms. The van der Waals surface area contributed by atoms with Crippen LogP contribution in [0.4, 0.5) is 8.78 Å². The molecule has 2 aliphatic carbocycles. The van der Waals surface area contributed by atoms with Crippen molar-refractivity contribution in [2.45, 2.75) is 37.5 Å². The summed E-state index contributed by atoms with van der Waals surface area (Å²) in [6, 6.07) is 4.36. The van der Waals surface area contributed by atoms with Crippen LogP contribution in [0, 0.1) is 5.92 Å². The van der Waals surface area contributed by atoms with Crippen molar-refractivity contribution < 1.29 is 35.9 Å². The molecule has 3 fully saturated rings. The van der Waals surface area contributed by atoms with Crippen LogP contribution in [0.25, 0.3) is 11.5 Å². The van der Waals surface area contributed by atoms with Gasteiger partial charge in [-0.05, 0) is 49.8 Å². The van der Waals surface area contributed by atoms with E-state index in [9.17, 15) is 22.0 Å². The van der Waals surface area contributed by atoms with E-state index in [1.54, 1.807) is 4.90 Å². The SMILES string of the molecule is O=C(c1coc(-c2ccc(OC(F)F)c(OCC3CC3)c2)n1)N1CCN(S(=O)(=O)C2CC2)CC1. The number of benzene rings is 1. The van der Waals surface area contributed by atoms with Crippen molar-refractivity contribution in [2.75, 3.05) is 32.8 Å². The number of amides is 1. The Morgan fingerprint density at radius 2 is 1.85 bits per heavy atom. The van der Waals surface area contributed by atoms with Crippen molar-refractivity contribution in [3.63, 3.8) is 0 Å². The van der Waals surface area contributed by atoms with Gasteiger partial charge in [-0.1, -0.05) is 0 Å². The molecule has 2 heterocycles.